The lowest BCUT2D eigenvalue weighted by Crippen LogP contribution is -2.44. The van der Waals surface area contributed by atoms with Gasteiger partial charge in [0.25, 0.3) is 11.7 Å². The molecule has 1 N–H and O–H groups in total. The summed E-state index contributed by atoms with van der Waals surface area (Å²) < 4.78 is 5.75. The largest absolute Gasteiger partial charge is 0.507 e. The summed E-state index contributed by atoms with van der Waals surface area (Å²) in [7, 11) is 2.12. The number of anilines is 2. The number of carbonyl (C=O) groups is 2. The van der Waals surface area contributed by atoms with Crippen molar-refractivity contribution in [3.63, 3.8) is 0 Å². The summed E-state index contributed by atoms with van der Waals surface area (Å²) in [6, 6.07) is 17.4. The molecule has 0 aliphatic carbocycles. The highest BCUT2D eigenvalue weighted by Crippen LogP contribution is 2.42. The molecule has 0 spiro atoms. The molecular weight excluding hydrogens is 492 g/mol. The maximum absolute atomic E-state index is 13.4. The summed E-state index contributed by atoms with van der Waals surface area (Å²) in [5.74, 6) is -0.570. The molecule has 0 radical (unpaired) electrons. The molecular formula is C31H34N4O4. The molecule has 1 aromatic heterocycles. The number of amides is 1. The van der Waals surface area contributed by atoms with E-state index in [1.54, 1.807) is 48.8 Å². The molecule has 1 atom stereocenters. The first kappa shape index (κ1) is 26.4. The number of carbonyl (C=O) groups excluding carboxylic acids is 2. The van der Waals surface area contributed by atoms with Gasteiger partial charge in [0.15, 0.2) is 0 Å². The molecule has 1 amide bonds. The zero-order valence-electron chi connectivity index (χ0n) is 22.6. The number of ether oxygens (including phenoxy) is 1. The highest BCUT2D eigenvalue weighted by molar-refractivity contribution is 6.51. The zero-order valence-corrected chi connectivity index (χ0v) is 22.6. The van der Waals surface area contributed by atoms with Crippen molar-refractivity contribution in [2.45, 2.75) is 19.9 Å². The Kier molecular flexibility index (Phi) is 7.65. The van der Waals surface area contributed by atoms with Gasteiger partial charge >= 0.3 is 0 Å². The number of piperazine rings is 1. The number of hydrogen-bond acceptors (Lipinski definition) is 7. The van der Waals surface area contributed by atoms with E-state index in [0.717, 1.165) is 31.9 Å². The molecule has 2 fully saturated rings. The van der Waals surface area contributed by atoms with Crippen molar-refractivity contribution < 1.29 is 19.4 Å². The molecule has 2 aromatic carbocycles. The fraction of sp³-hybridized carbons (Fsp3) is 0.323. The van der Waals surface area contributed by atoms with Crippen LogP contribution in [-0.2, 0) is 9.59 Å². The van der Waals surface area contributed by atoms with Gasteiger partial charge in [-0.3, -0.25) is 19.5 Å². The van der Waals surface area contributed by atoms with Crippen LogP contribution in [0.25, 0.3) is 5.76 Å². The second kappa shape index (κ2) is 11.3. The molecule has 2 saturated heterocycles. The minimum Gasteiger partial charge on any atom is -0.507 e. The van der Waals surface area contributed by atoms with Gasteiger partial charge in [0.2, 0.25) is 0 Å². The van der Waals surface area contributed by atoms with E-state index < -0.39 is 17.7 Å². The Hall–Kier alpha value is -4.17. The summed E-state index contributed by atoms with van der Waals surface area (Å²) in [5.41, 5.74) is 2.84. The van der Waals surface area contributed by atoms with Crippen LogP contribution in [0.15, 0.2) is 78.6 Å². The SMILES string of the molecule is CC(C)COc1ccc(/C(O)=C2\C(=O)C(=O)N(c3ccc(N4CCN(C)CC4)cc3)C2c2ccncc2)cc1. The molecule has 3 aromatic rings. The van der Waals surface area contributed by atoms with E-state index in [1.807, 2.05) is 24.3 Å². The minimum absolute atomic E-state index is 0.0465. The van der Waals surface area contributed by atoms with E-state index in [2.05, 4.69) is 35.7 Å². The van der Waals surface area contributed by atoms with Gasteiger partial charge in [-0.2, -0.15) is 0 Å². The number of ketones is 1. The Balaban J connectivity index is 1.50. The predicted molar refractivity (Wildman–Crippen MR) is 152 cm³/mol. The monoisotopic (exact) mass is 526 g/mol. The molecule has 2 aliphatic heterocycles. The number of hydrogen-bond donors (Lipinski definition) is 1. The maximum atomic E-state index is 13.4. The Labute approximate surface area is 229 Å². The second-order valence-corrected chi connectivity index (χ2v) is 10.5. The van der Waals surface area contributed by atoms with Crippen LogP contribution in [0.1, 0.15) is 31.0 Å². The molecule has 1 unspecified atom stereocenters. The lowest BCUT2D eigenvalue weighted by atomic mass is 9.95. The van der Waals surface area contributed by atoms with Crippen molar-refractivity contribution in [1.29, 1.82) is 0 Å². The number of pyridine rings is 1. The average Bonchev–Trinajstić information content (AvgIpc) is 3.22. The van der Waals surface area contributed by atoms with Crippen LogP contribution in [0.3, 0.4) is 0 Å². The topological polar surface area (TPSA) is 86.2 Å². The number of Topliss-reactive ketones (excluding diaryl/α,β-unsaturated/α-hetero) is 1. The van der Waals surface area contributed by atoms with Crippen molar-refractivity contribution >= 4 is 28.8 Å². The summed E-state index contributed by atoms with van der Waals surface area (Å²) in [6.07, 6.45) is 3.24. The maximum Gasteiger partial charge on any atom is 0.300 e. The van der Waals surface area contributed by atoms with Gasteiger partial charge < -0.3 is 19.6 Å². The summed E-state index contributed by atoms with van der Waals surface area (Å²) in [5, 5.41) is 11.4. The van der Waals surface area contributed by atoms with Gasteiger partial charge in [-0.05, 0) is 79.2 Å². The Morgan fingerprint density at radius 1 is 0.923 bits per heavy atom. The van der Waals surface area contributed by atoms with Gasteiger partial charge in [0, 0.05) is 55.5 Å². The number of aliphatic hydroxyl groups excluding tert-OH is 1. The lowest BCUT2D eigenvalue weighted by molar-refractivity contribution is -0.132. The number of likely N-dealkylation sites (N-methyl/N-ethyl adjacent to an activating group) is 1. The lowest BCUT2D eigenvalue weighted by Gasteiger charge is -2.34. The van der Waals surface area contributed by atoms with Crippen LogP contribution in [0.5, 0.6) is 5.75 Å². The number of nitrogens with zero attached hydrogens (tertiary/aromatic N) is 4. The highest BCUT2D eigenvalue weighted by Gasteiger charge is 2.47. The van der Waals surface area contributed by atoms with Crippen LogP contribution in [0.2, 0.25) is 0 Å². The number of benzene rings is 2. The van der Waals surface area contributed by atoms with Gasteiger partial charge in [-0.1, -0.05) is 13.8 Å². The van der Waals surface area contributed by atoms with E-state index in [4.69, 9.17) is 4.74 Å². The van der Waals surface area contributed by atoms with Gasteiger partial charge in [-0.15, -0.1) is 0 Å². The van der Waals surface area contributed by atoms with E-state index in [9.17, 15) is 14.7 Å². The van der Waals surface area contributed by atoms with E-state index >= 15 is 0 Å². The van der Waals surface area contributed by atoms with E-state index in [1.165, 1.54) is 4.90 Å². The van der Waals surface area contributed by atoms with Gasteiger partial charge in [0.05, 0.1) is 18.2 Å². The first-order chi connectivity index (χ1) is 18.8. The molecule has 2 aliphatic rings. The Bertz CT molecular complexity index is 1350. The van der Waals surface area contributed by atoms with Crippen molar-refractivity contribution in [2.24, 2.45) is 5.92 Å². The second-order valence-electron chi connectivity index (χ2n) is 10.5. The Morgan fingerprint density at radius 2 is 1.54 bits per heavy atom. The predicted octanol–water partition coefficient (Wildman–Crippen LogP) is 4.49. The molecule has 8 heteroatoms. The van der Waals surface area contributed by atoms with Crippen molar-refractivity contribution in [2.75, 3.05) is 49.6 Å². The van der Waals surface area contributed by atoms with Crippen molar-refractivity contribution in [3.05, 3.63) is 89.8 Å². The van der Waals surface area contributed by atoms with Gasteiger partial charge in [-0.25, -0.2) is 0 Å². The third kappa shape index (κ3) is 5.52. The highest BCUT2D eigenvalue weighted by atomic mass is 16.5. The van der Waals surface area contributed by atoms with Gasteiger partial charge in [0.1, 0.15) is 11.5 Å². The van der Waals surface area contributed by atoms with Crippen molar-refractivity contribution in [1.82, 2.24) is 9.88 Å². The van der Waals surface area contributed by atoms with Crippen LogP contribution in [0.4, 0.5) is 11.4 Å². The number of aromatic nitrogens is 1. The summed E-state index contributed by atoms with van der Waals surface area (Å²) in [4.78, 5) is 37.0. The molecule has 0 saturated carbocycles. The van der Waals surface area contributed by atoms with Crippen LogP contribution >= 0.6 is 0 Å². The minimum atomic E-state index is -0.792. The third-order valence-corrected chi connectivity index (χ3v) is 7.17. The number of aliphatic hydroxyl groups is 1. The first-order valence-corrected chi connectivity index (χ1v) is 13.3. The molecule has 0 bridgehead atoms. The third-order valence-electron chi connectivity index (χ3n) is 7.17. The summed E-state index contributed by atoms with van der Waals surface area (Å²) >= 11 is 0. The molecule has 5 rings (SSSR count). The number of rotatable bonds is 7. The summed E-state index contributed by atoms with van der Waals surface area (Å²) in [6.45, 7) is 8.55. The van der Waals surface area contributed by atoms with Crippen LogP contribution in [-0.4, -0.2) is 66.5 Å². The molecule has 39 heavy (non-hydrogen) atoms. The van der Waals surface area contributed by atoms with Crippen LogP contribution < -0.4 is 14.5 Å². The smallest absolute Gasteiger partial charge is 0.300 e. The Morgan fingerprint density at radius 3 is 2.15 bits per heavy atom. The fourth-order valence-corrected chi connectivity index (χ4v) is 4.98. The first-order valence-electron chi connectivity index (χ1n) is 13.3. The quantitative estimate of drug-likeness (QED) is 0.276. The average molecular weight is 527 g/mol. The van der Waals surface area contributed by atoms with Crippen LogP contribution in [0, 0.1) is 5.92 Å². The molecule has 202 valence electrons. The standard InChI is InChI=1S/C31H34N4O4/c1-21(2)20-39-26-10-4-23(5-11-26)29(36)27-28(22-12-14-32-15-13-22)35(31(38)30(27)37)25-8-6-24(7-9-25)34-18-16-33(3)17-19-34/h4-15,21,28,36H,16-20H2,1-3H3/b29-27+. The van der Waals surface area contributed by atoms with E-state index in [0.29, 0.717) is 35.1 Å². The normalized spacial score (nSPS) is 19.6. The molecule has 8 nitrogen and oxygen atoms in total. The molecule has 3 heterocycles. The van der Waals surface area contributed by atoms with E-state index in [-0.39, 0.29) is 11.3 Å². The van der Waals surface area contributed by atoms with Crippen molar-refractivity contribution in [3.8, 4) is 5.75 Å². The fourth-order valence-electron chi connectivity index (χ4n) is 4.98. The zero-order chi connectivity index (χ0) is 27.5.